The maximum Gasteiger partial charge on any atom is 0.248 e. The quantitative estimate of drug-likeness (QED) is 0.766. The number of benzene rings is 2. The zero-order valence-electron chi connectivity index (χ0n) is 14.0. The van der Waals surface area contributed by atoms with Crippen molar-refractivity contribution >= 4 is 22.5 Å². The van der Waals surface area contributed by atoms with Crippen LogP contribution in [0, 0.1) is 0 Å². The Bertz CT molecular complexity index is 941. The van der Waals surface area contributed by atoms with E-state index in [1.165, 1.54) is 0 Å². The summed E-state index contributed by atoms with van der Waals surface area (Å²) in [6.07, 6.45) is 2.50. The second kappa shape index (κ2) is 6.43. The number of carbonyl (C=O) groups is 1. The van der Waals surface area contributed by atoms with E-state index in [0.717, 1.165) is 33.5 Å². The summed E-state index contributed by atoms with van der Waals surface area (Å²) in [4.78, 5) is 15.6. The van der Waals surface area contributed by atoms with Crippen LogP contribution >= 0.6 is 0 Å². The Kier molecular flexibility index (Phi) is 3.98. The SMILES string of the molecule is CCOc1ccc(C2=NNC(=O)C(c3c[nH]c4ccccc34)C2)cc1. The van der Waals surface area contributed by atoms with Gasteiger partial charge in [-0.25, -0.2) is 5.43 Å². The summed E-state index contributed by atoms with van der Waals surface area (Å²) in [7, 11) is 0. The summed E-state index contributed by atoms with van der Waals surface area (Å²) < 4.78 is 5.48. The third-order valence-corrected chi connectivity index (χ3v) is 4.51. The molecule has 1 aromatic heterocycles. The fraction of sp³-hybridized carbons (Fsp3) is 0.200. The molecule has 0 bridgehead atoms. The minimum Gasteiger partial charge on any atom is -0.494 e. The normalized spacial score (nSPS) is 17.2. The number of nitrogens with zero attached hydrogens (tertiary/aromatic N) is 1. The number of hydrazone groups is 1. The molecule has 5 nitrogen and oxygen atoms in total. The van der Waals surface area contributed by atoms with Crippen molar-refractivity contribution in [2.24, 2.45) is 5.10 Å². The minimum absolute atomic E-state index is 0.0700. The van der Waals surface area contributed by atoms with E-state index in [4.69, 9.17) is 4.74 Å². The van der Waals surface area contributed by atoms with E-state index in [9.17, 15) is 4.79 Å². The number of H-pyrrole nitrogens is 1. The van der Waals surface area contributed by atoms with Crippen LogP contribution in [0.25, 0.3) is 10.9 Å². The molecule has 0 fully saturated rings. The topological polar surface area (TPSA) is 66.5 Å². The molecule has 0 aliphatic carbocycles. The van der Waals surface area contributed by atoms with E-state index in [1.807, 2.05) is 61.7 Å². The summed E-state index contributed by atoms with van der Waals surface area (Å²) in [5.41, 5.74) is 6.59. The second-order valence-corrected chi connectivity index (χ2v) is 6.04. The lowest BCUT2D eigenvalue weighted by molar-refractivity contribution is -0.122. The number of aromatic nitrogens is 1. The highest BCUT2D eigenvalue weighted by Crippen LogP contribution is 2.31. The van der Waals surface area contributed by atoms with Crippen molar-refractivity contribution in [1.82, 2.24) is 10.4 Å². The zero-order valence-corrected chi connectivity index (χ0v) is 14.0. The van der Waals surface area contributed by atoms with Gasteiger partial charge < -0.3 is 9.72 Å². The number of para-hydroxylation sites is 1. The first kappa shape index (κ1) is 15.4. The molecule has 126 valence electrons. The monoisotopic (exact) mass is 333 g/mol. The molecule has 2 heterocycles. The van der Waals surface area contributed by atoms with Gasteiger partial charge in [0.15, 0.2) is 0 Å². The fourth-order valence-corrected chi connectivity index (χ4v) is 3.26. The minimum atomic E-state index is -0.254. The molecular formula is C20H19N3O2. The number of fused-ring (bicyclic) bond motifs is 1. The molecule has 25 heavy (non-hydrogen) atoms. The van der Waals surface area contributed by atoms with Gasteiger partial charge in [-0.05, 0) is 48.4 Å². The van der Waals surface area contributed by atoms with Gasteiger partial charge in [0.2, 0.25) is 5.91 Å². The molecule has 0 saturated heterocycles. The van der Waals surface area contributed by atoms with Crippen molar-refractivity contribution in [1.29, 1.82) is 0 Å². The summed E-state index contributed by atoms with van der Waals surface area (Å²) in [5.74, 6) is 0.509. The highest BCUT2D eigenvalue weighted by atomic mass is 16.5. The molecular weight excluding hydrogens is 314 g/mol. The van der Waals surface area contributed by atoms with E-state index in [-0.39, 0.29) is 11.8 Å². The predicted octanol–water partition coefficient (Wildman–Crippen LogP) is 3.57. The number of hydrogen-bond donors (Lipinski definition) is 2. The average molecular weight is 333 g/mol. The maximum atomic E-state index is 12.4. The van der Waals surface area contributed by atoms with Crippen molar-refractivity contribution in [3.63, 3.8) is 0 Å². The smallest absolute Gasteiger partial charge is 0.248 e. The first-order valence-corrected chi connectivity index (χ1v) is 8.42. The third kappa shape index (κ3) is 2.89. The van der Waals surface area contributed by atoms with Gasteiger partial charge in [0.25, 0.3) is 0 Å². The number of carbonyl (C=O) groups excluding carboxylic acids is 1. The van der Waals surface area contributed by atoms with Gasteiger partial charge in [-0.15, -0.1) is 0 Å². The summed E-state index contributed by atoms with van der Waals surface area (Å²) in [6, 6.07) is 15.8. The van der Waals surface area contributed by atoms with E-state index in [0.29, 0.717) is 13.0 Å². The van der Waals surface area contributed by atoms with Crippen molar-refractivity contribution in [3.8, 4) is 5.75 Å². The van der Waals surface area contributed by atoms with Crippen LogP contribution in [-0.2, 0) is 4.79 Å². The number of nitrogens with one attached hydrogen (secondary N) is 2. The Morgan fingerprint density at radius 3 is 2.76 bits per heavy atom. The van der Waals surface area contributed by atoms with Gasteiger partial charge in [-0.2, -0.15) is 5.10 Å². The molecule has 1 unspecified atom stereocenters. The standard InChI is InChI=1S/C20H19N3O2/c1-2-25-14-9-7-13(8-10-14)19-11-16(20(24)23-22-19)17-12-21-18-6-4-3-5-15(17)18/h3-10,12,16,21H,2,11H2,1H3,(H,23,24). The number of amides is 1. The molecule has 0 radical (unpaired) electrons. The summed E-state index contributed by atoms with van der Waals surface area (Å²) in [6.45, 7) is 2.60. The summed E-state index contributed by atoms with van der Waals surface area (Å²) >= 11 is 0. The predicted molar refractivity (Wildman–Crippen MR) is 97.9 cm³/mol. The fourth-order valence-electron chi connectivity index (χ4n) is 3.26. The van der Waals surface area contributed by atoms with Crippen LogP contribution in [0.15, 0.2) is 59.8 Å². The third-order valence-electron chi connectivity index (χ3n) is 4.51. The lowest BCUT2D eigenvalue weighted by atomic mass is 9.89. The Morgan fingerprint density at radius 1 is 1.16 bits per heavy atom. The van der Waals surface area contributed by atoms with Gasteiger partial charge in [0.05, 0.1) is 18.2 Å². The number of rotatable bonds is 4. The second-order valence-electron chi connectivity index (χ2n) is 6.04. The Balaban J connectivity index is 1.63. The van der Waals surface area contributed by atoms with Gasteiger partial charge in [-0.1, -0.05) is 18.2 Å². The zero-order chi connectivity index (χ0) is 17.2. The molecule has 2 aromatic carbocycles. The molecule has 0 saturated carbocycles. The lowest BCUT2D eigenvalue weighted by Crippen LogP contribution is -2.33. The molecule has 1 aliphatic rings. The molecule has 2 N–H and O–H groups in total. The van der Waals surface area contributed by atoms with Crippen LogP contribution in [0.2, 0.25) is 0 Å². The molecule has 4 rings (SSSR count). The highest BCUT2D eigenvalue weighted by molar-refractivity contribution is 6.07. The largest absolute Gasteiger partial charge is 0.494 e. The van der Waals surface area contributed by atoms with Crippen LogP contribution in [0.5, 0.6) is 5.75 Å². The number of aromatic amines is 1. The first-order chi connectivity index (χ1) is 12.3. The van der Waals surface area contributed by atoms with Crippen molar-refractivity contribution < 1.29 is 9.53 Å². The molecule has 1 aliphatic heterocycles. The van der Waals surface area contributed by atoms with Crippen LogP contribution < -0.4 is 10.2 Å². The van der Waals surface area contributed by atoms with Gasteiger partial charge in [0, 0.05) is 23.5 Å². The highest BCUT2D eigenvalue weighted by Gasteiger charge is 2.29. The van der Waals surface area contributed by atoms with E-state index in [1.54, 1.807) is 0 Å². The van der Waals surface area contributed by atoms with Crippen molar-refractivity contribution in [2.75, 3.05) is 6.61 Å². The van der Waals surface area contributed by atoms with Gasteiger partial charge >= 0.3 is 0 Å². The van der Waals surface area contributed by atoms with Crippen LogP contribution in [-0.4, -0.2) is 23.2 Å². The number of hydrogen-bond acceptors (Lipinski definition) is 3. The van der Waals surface area contributed by atoms with Crippen molar-refractivity contribution in [2.45, 2.75) is 19.3 Å². The Morgan fingerprint density at radius 2 is 1.96 bits per heavy atom. The van der Waals surface area contributed by atoms with E-state index < -0.39 is 0 Å². The Hall–Kier alpha value is -3.08. The lowest BCUT2D eigenvalue weighted by Gasteiger charge is -2.21. The molecule has 5 heteroatoms. The van der Waals surface area contributed by atoms with Crippen molar-refractivity contribution in [3.05, 3.63) is 65.9 Å². The molecule has 0 spiro atoms. The van der Waals surface area contributed by atoms with E-state index >= 15 is 0 Å². The molecule has 3 aromatic rings. The Labute approximate surface area is 145 Å². The number of ether oxygens (including phenoxy) is 1. The van der Waals surface area contributed by atoms with Gasteiger partial charge in [-0.3, -0.25) is 4.79 Å². The summed E-state index contributed by atoms with van der Waals surface area (Å²) in [5, 5.41) is 5.34. The molecule has 1 atom stereocenters. The van der Waals surface area contributed by atoms with Gasteiger partial charge in [0.1, 0.15) is 5.75 Å². The van der Waals surface area contributed by atoms with Crippen LogP contribution in [0.3, 0.4) is 0 Å². The maximum absolute atomic E-state index is 12.4. The molecule has 1 amide bonds. The first-order valence-electron chi connectivity index (χ1n) is 8.42. The van der Waals surface area contributed by atoms with E-state index in [2.05, 4.69) is 15.5 Å². The van der Waals surface area contributed by atoms with Crippen LogP contribution in [0.4, 0.5) is 0 Å². The average Bonchev–Trinajstić information content (AvgIpc) is 3.07. The van der Waals surface area contributed by atoms with Crippen LogP contribution in [0.1, 0.15) is 30.4 Å².